The molecule has 0 saturated carbocycles. The number of amides is 1. The van der Waals surface area contributed by atoms with Gasteiger partial charge in [0.25, 0.3) is 5.91 Å². The Bertz CT molecular complexity index is 863. The zero-order chi connectivity index (χ0) is 19.9. The number of carbonyl (C=O) groups excluding carboxylic acids is 1. The zero-order valence-electron chi connectivity index (χ0n) is 15.9. The SMILES string of the molecule is CCN(CC)S(=O)(=O)c1ccc(OC)c(C(=O)NCCc2ccccc2)c1. The molecule has 2 aromatic rings. The lowest BCUT2D eigenvalue weighted by molar-refractivity contribution is 0.0951. The highest BCUT2D eigenvalue weighted by atomic mass is 32.2. The maximum absolute atomic E-state index is 12.7. The number of methoxy groups -OCH3 is 1. The molecule has 0 aliphatic heterocycles. The van der Waals surface area contributed by atoms with Crippen molar-refractivity contribution in [2.24, 2.45) is 0 Å². The molecule has 0 aliphatic carbocycles. The van der Waals surface area contributed by atoms with Crippen LogP contribution in [0.25, 0.3) is 0 Å². The van der Waals surface area contributed by atoms with Crippen LogP contribution < -0.4 is 10.1 Å². The first-order chi connectivity index (χ1) is 12.9. The monoisotopic (exact) mass is 390 g/mol. The van der Waals surface area contributed by atoms with E-state index in [1.807, 2.05) is 30.3 Å². The molecule has 0 atom stereocenters. The molecule has 2 aromatic carbocycles. The maximum atomic E-state index is 12.7. The molecule has 0 heterocycles. The number of hydrogen-bond donors (Lipinski definition) is 1. The summed E-state index contributed by atoms with van der Waals surface area (Å²) < 4.78 is 32.0. The van der Waals surface area contributed by atoms with Crippen molar-refractivity contribution >= 4 is 15.9 Å². The van der Waals surface area contributed by atoms with Crippen LogP contribution in [0.3, 0.4) is 0 Å². The van der Waals surface area contributed by atoms with Crippen LogP contribution in [0.5, 0.6) is 5.75 Å². The van der Waals surface area contributed by atoms with E-state index in [1.54, 1.807) is 13.8 Å². The van der Waals surface area contributed by atoms with Crippen LogP contribution in [0.1, 0.15) is 29.8 Å². The van der Waals surface area contributed by atoms with Gasteiger partial charge in [-0.1, -0.05) is 44.2 Å². The van der Waals surface area contributed by atoms with E-state index in [4.69, 9.17) is 4.74 Å². The first-order valence-electron chi connectivity index (χ1n) is 8.94. The first kappa shape index (κ1) is 20.9. The predicted octanol–water partition coefficient (Wildman–Crippen LogP) is 2.70. The highest BCUT2D eigenvalue weighted by molar-refractivity contribution is 7.89. The van der Waals surface area contributed by atoms with E-state index in [9.17, 15) is 13.2 Å². The van der Waals surface area contributed by atoms with Crippen molar-refractivity contribution in [3.8, 4) is 5.75 Å². The second-order valence-corrected chi connectivity index (χ2v) is 7.88. The highest BCUT2D eigenvalue weighted by Gasteiger charge is 2.24. The third kappa shape index (κ3) is 5.08. The summed E-state index contributed by atoms with van der Waals surface area (Å²) in [6.45, 7) is 4.73. The summed E-state index contributed by atoms with van der Waals surface area (Å²) in [5.41, 5.74) is 1.32. The van der Waals surface area contributed by atoms with Crippen LogP contribution in [-0.2, 0) is 16.4 Å². The molecule has 0 spiro atoms. The van der Waals surface area contributed by atoms with E-state index in [0.717, 1.165) is 5.56 Å². The molecule has 6 nitrogen and oxygen atoms in total. The minimum absolute atomic E-state index is 0.0835. The summed E-state index contributed by atoms with van der Waals surface area (Å²) in [5.74, 6) is -0.0231. The van der Waals surface area contributed by atoms with Gasteiger partial charge in [-0.25, -0.2) is 8.42 Å². The Morgan fingerprint density at radius 1 is 1.07 bits per heavy atom. The van der Waals surface area contributed by atoms with Crippen LogP contribution >= 0.6 is 0 Å². The molecule has 2 rings (SSSR count). The van der Waals surface area contributed by atoms with Crippen molar-refractivity contribution in [1.82, 2.24) is 9.62 Å². The standard InChI is InChI=1S/C20H26N2O4S/c1-4-22(5-2)27(24,25)17-11-12-19(26-3)18(15-17)20(23)21-14-13-16-9-7-6-8-10-16/h6-12,15H,4-5,13-14H2,1-3H3,(H,21,23). The first-order valence-corrected chi connectivity index (χ1v) is 10.4. The molecule has 0 aromatic heterocycles. The normalized spacial score (nSPS) is 11.4. The molecule has 0 unspecified atom stereocenters. The second-order valence-electron chi connectivity index (χ2n) is 5.94. The molecule has 1 amide bonds. The van der Waals surface area contributed by atoms with E-state index >= 15 is 0 Å². The average Bonchev–Trinajstić information content (AvgIpc) is 2.69. The lowest BCUT2D eigenvalue weighted by Gasteiger charge is -2.19. The van der Waals surface area contributed by atoms with Gasteiger partial charge in [0.2, 0.25) is 10.0 Å². The molecule has 0 bridgehead atoms. The topological polar surface area (TPSA) is 75.7 Å². The number of carbonyl (C=O) groups is 1. The largest absolute Gasteiger partial charge is 0.496 e. The number of nitrogens with zero attached hydrogens (tertiary/aromatic N) is 1. The van der Waals surface area contributed by atoms with Gasteiger partial charge in [-0.3, -0.25) is 4.79 Å². The van der Waals surface area contributed by atoms with E-state index < -0.39 is 10.0 Å². The Morgan fingerprint density at radius 3 is 2.33 bits per heavy atom. The van der Waals surface area contributed by atoms with Crippen LogP contribution in [0.2, 0.25) is 0 Å². The fraction of sp³-hybridized carbons (Fsp3) is 0.350. The fourth-order valence-electron chi connectivity index (χ4n) is 2.80. The smallest absolute Gasteiger partial charge is 0.255 e. The maximum Gasteiger partial charge on any atom is 0.255 e. The van der Waals surface area contributed by atoms with Gasteiger partial charge in [0.05, 0.1) is 17.6 Å². The molecule has 0 fully saturated rings. The summed E-state index contributed by atoms with van der Waals surface area (Å²) in [5, 5.41) is 2.83. The van der Waals surface area contributed by atoms with Crippen molar-refractivity contribution in [2.45, 2.75) is 25.2 Å². The second kappa shape index (κ2) is 9.53. The molecule has 7 heteroatoms. The van der Waals surface area contributed by atoms with Gasteiger partial charge in [0, 0.05) is 19.6 Å². The number of benzene rings is 2. The van der Waals surface area contributed by atoms with Crippen molar-refractivity contribution in [3.05, 3.63) is 59.7 Å². The van der Waals surface area contributed by atoms with Gasteiger partial charge in [0.1, 0.15) is 5.75 Å². The van der Waals surface area contributed by atoms with Gasteiger partial charge in [-0.2, -0.15) is 4.31 Å². The summed E-state index contributed by atoms with van der Waals surface area (Å²) >= 11 is 0. The van der Waals surface area contributed by atoms with Crippen molar-refractivity contribution in [3.63, 3.8) is 0 Å². The minimum atomic E-state index is -3.65. The van der Waals surface area contributed by atoms with Crippen molar-refractivity contribution in [1.29, 1.82) is 0 Å². The number of sulfonamides is 1. The Balaban J connectivity index is 2.20. The lowest BCUT2D eigenvalue weighted by atomic mass is 10.1. The molecule has 146 valence electrons. The van der Waals surface area contributed by atoms with Crippen LogP contribution in [0, 0.1) is 0 Å². The van der Waals surface area contributed by atoms with E-state index in [2.05, 4.69) is 5.32 Å². The van der Waals surface area contributed by atoms with Crippen LogP contribution in [0.4, 0.5) is 0 Å². The zero-order valence-corrected chi connectivity index (χ0v) is 16.8. The van der Waals surface area contributed by atoms with E-state index in [1.165, 1.54) is 29.6 Å². The number of rotatable bonds is 9. The van der Waals surface area contributed by atoms with Crippen molar-refractivity contribution < 1.29 is 17.9 Å². The van der Waals surface area contributed by atoms with Crippen LogP contribution in [0.15, 0.2) is 53.4 Å². The molecule has 0 radical (unpaired) electrons. The molecular formula is C20H26N2O4S. The number of ether oxygens (including phenoxy) is 1. The predicted molar refractivity (Wildman–Crippen MR) is 106 cm³/mol. The summed E-state index contributed by atoms with van der Waals surface area (Å²) in [4.78, 5) is 12.7. The van der Waals surface area contributed by atoms with E-state index in [-0.39, 0.29) is 16.4 Å². The Hall–Kier alpha value is -2.38. The third-order valence-electron chi connectivity index (χ3n) is 4.30. The van der Waals surface area contributed by atoms with Gasteiger partial charge in [-0.15, -0.1) is 0 Å². The molecular weight excluding hydrogens is 364 g/mol. The Labute approximate surface area is 161 Å². The van der Waals surface area contributed by atoms with Gasteiger partial charge >= 0.3 is 0 Å². The molecule has 0 saturated heterocycles. The van der Waals surface area contributed by atoms with Crippen molar-refractivity contribution in [2.75, 3.05) is 26.7 Å². The minimum Gasteiger partial charge on any atom is -0.496 e. The third-order valence-corrected chi connectivity index (χ3v) is 6.35. The van der Waals surface area contributed by atoms with Gasteiger partial charge in [0.15, 0.2) is 0 Å². The Morgan fingerprint density at radius 2 is 1.74 bits per heavy atom. The molecule has 1 N–H and O–H groups in total. The van der Waals surface area contributed by atoms with Crippen LogP contribution in [-0.4, -0.2) is 45.4 Å². The quantitative estimate of drug-likeness (QED) is 0.714. The fourth-order valence-corrected chi connectivity index (χ4v) is 4.28. The molecule has 0 aliphatic rings. The highest BCUT2D eigenvalue weighted by Crippen LogP contribution is 2.24. The number of hydrogen-bond acceptors (Lipinski definition) is 4. The summed E-state index contributed by atoms with van der Waals surface area (Å²) in [6.07, 6.45) is 0.687. The molecule has 27 heavy (non-hydrogen) atoms. The summed E-state index contributed by atoms with van der Waals surface area (Å²) in [7, 11) is -2.19. The number of nitrogens with one attached hydrogen (secondary N) is 1. The Kier molecular flexibility index (Phi) is 7.38. The average molecular weight is 391 g/mol. The van der Waals surface area contributed by atoms with E-state index in [0.29, 0.717) is 31.8 Å². The summed E-state index contributed by atoms with van der Waals surface area (Å²) in [6, 6.07) is 14.2. The lowest BCUT2D eigenvalue weighted by Crippen LogP contribution is -2.31. The van der Waals surface area contributed by atoms with Gasteiger partial charge in [-0.05, 0) is 30.2 Å². The van der Waals surface area contributed by atoms with Gasteiger partial charge < -0.3 is 10.1 Å².